The van der Waals surface area contributed by atoms with E-state index in [0.29, 0.717) is 12.0 Å². The van der Waals surface area contributed by atoms with E-state index in [9.17, 15) is 0 Å². The number of nitrogens with zero attached hydrogens (tertiary/aromatic N) is 3. The number of thioether (sulfide) groups is 1. The number of pyridine rings is 1. The Morgan fingerprint density at radius 1 is 1.08 bits per heavy atom. The molecular weight excluding hydrogens is 330 g/mol. The molecule has 0 aliphatic heterocycles. The fourth-order valence-corrected chi connectivity index (χ4v) is 3.09. The van der Waals surface area contributed by atoms with E-state index >= 15 is 0 Å². The molecule has 2 heterocycles. The molecule has 1 fully saturated rings. The van der Waals surface area contributed by atoms with Gasteiger partial charge in [0, 0.05) is 35.0 Å². The highest BCUT2D eigenvalue weighted by Crippen LogP contribution is 2.30. The van der Waals surface area contributed by atoms with Gasteiger partial charge < -0.3 is 10.6 Å². The van der Waals surface area contributed by atoms with E-state index < -0.39 is 0 Å². The molecule has 126 valence electrons. The van der Waals surface area contributed by atoms with Gasteiger partial charge in [-0.15, -0.1) is 11.8 Å². The number of aromatic nitrogens is 3. The van der Waals surface area contributed by atoms with Crippen molar-refractivity contribution in [3.8, 4) is 11.3 Å². The Balaban J connectivity index is 1.70. The molecule has 4 rings (SSSR count). The number of nitrogens with one attached hydrogen (secondary N) is 2. The summed E-state index contributed by atoms with van der Waals surface area (Å²) in [6, 6.07) is 14.6. The average molecular weight is 349 g/mol. The van der Waals surface area contributed by atoms with Crippen molar-refractivity contribution >= 4 is 29.2 Å². The van der Waals surface area contributed by atoms with E-state index in [1.54, 1.807) is 18.0 Å². The van der Waals surface area contributed by atoms with Crippen molar-refractivity contribution < 1.29 is 0 Å². The third kappa shape index (κ3) is 3.91. The van der Waals surface area contributed by atoms with Gasteiger partial charge in [-0.05, 0) is 43.4 Å². The molecule has 5 nitrogen and oxygen atoms in total. The van der Waals surface area contributed by atoms with Gasteiger partial charge in [-0.1, -0.05) is 12.1 Å². The van der Waals surface area contributed by atoms with Crippen molar-refractivity contribution in [2.24, 2.45) is 0 Å². The fraction of sp³-hybridized carbons (Fsp3) is 0.211. The summed E-state index contributed by atoms with van der Waals surface area (Å²) in [7, 11) is 0. The Bertz CT molecular complexity index is 865. The number of benzene rings is 1. The quantitative estimate of drug-likeness (QED) is 0.635. The summed E-state index contributed by atoms with van der Waals surface area (Å²) in [5.41, 5.74) is 2.88. The van der Waals surface area contributed by atoms with Gasteiger partial charge in [0.25, 0.3) is 0 Å². The van der Waals surface area contributed by atoms with Crippen LogP contribution in [0.5, 0.6) is 0 Å². The number of rotatable bonds is 6. The first kappa shape index (κ1) is 15.9. The van der Waals surface area contributed by atoms with E-state index in [0.717, 1.165) is 22.8 Å². The van der Waals surface area contributed by atoms with Crippen LogP contribution in [0.25, 0.3) is 11.3 Å². The minimum absolute atomic E-state index is 0.496. The molecule has 0 atom stereocenters. The lowest BCUT2D eigenvalue weighted by Gasteiger charge is -2.13. The average Bonchev–Trinajstić information content (AvgIpc) is 3.47. The lowest BCUT2D eigenvalue weighted by atomic mass is 10.2. The number of hydrogen-bond acceptors (Lipinski definition) is 6. The van der Waals surface area contributed by atoms with E-state index in [1.165, 1.54) is 17.7 Å². The maximum atomic E-state index is 4.66. The van der Waals surface area contributed by atoms with Crippen LogP contribution in [-0.4, -0.2) is 27.2 Å². The second-order valence-electron chi connectivity index (χ2n) is 5.95. The zero-order chi connectivity index (χ0) is 17.1. The lowest BCUT2D eigenvalue weighted by Crippen LogP contribution is -2.08. The van der Waals surface area contributed by atoms with Crippen molar-refractivity contribution in [3.05, 3.63) is 54.9 Å². The van der Waals surface area contributed by atoms with Crippen LogP contribution in [0.1, 0.15) is 12.8 Å². The Morgan fingerprint density at radius 3 is 2.72 bits per heavy atom. The van der Waals surface area contributed by atoms with Gasteiger partial charge in [0.15, 0.2) is 0 Å². The van der Waals surface area contributed by atoms with Crippen molar-refractivity contribution in [2.45, 2.75) is 23.8 Å². The van der Waals surface area contributed by atoms with Crippen molar-refractivity contribution in [3.63, 3.8) is 0 Å². The predicted molar refractivity (Wildman–Crippen MR) is 103 cm³/mol. The van der Waals surface area contributed by atoms with Crippen LogP contribution >= 0.6 is 11.8 Å². The summed E-state index contributed by atoms with van der Waals surface area (Å²) in [5, 5.41) is 6.83. The van der Waals surface area contributed by atoms with Crippen LogP contribution in [0.4, 0.5) is 17.5 Å². The van der Waals surface area contributed by atoms with Crippen molar-refractivity contribution in [2.75, 3.05) is 16.9 Å². The summed E-state index contributed by atoms with van der Waals surface area (Å²) in [6.45, 7) is 0. The Kier molecular flexibility index (Phi) is 4.52. The van der Waals surface area contributed by atoms with Crippen LogP contribution in [0.15, 0.2) is 59.8 Å². The van der Waals surface area contributed by atoms with Gasteiger partial charge >= 0.3 is 0 Å². The third-order valence-corrected chi connectivity index (χ3v) is 4.76. The molecule has 1 saturated carbocycles. The van der Waals surface area contributed by atoms with E-state index in [4.69, 9.17) is 0 Å². The van der Waals surface area contributed by atoms with Crippen molar-refractivity contribution in [1.29, 1.82) is 0 Å². The lowest BCUT2D eigenvalue weighted by molar-refractivity contribution is 1.06. The monoisotopic (exact) mass is 349 g/mol. The van der Waals surface area contributed by atoms with Gasteiger partial charge in [-0.25, -0.2) is 4.98 Å². The maximum absolute atomic E-state index is 4.66. The molecule has 1 aliphatic carbocycles. The van der Waals surface area contributed by atoms with Crippen LogP contribution in [0, 0.1) is 0 Å². The number of anilines is 3. The normalized spacial score (nSPS) is 13.5. The Morgan fingerprint density at radius 2 is 1.96 bits per heavy atom. The van der Waals surface area contributed by atoms with Gasteiger partial charge in [0.2, 0.25) is 5.95 Å². The zero-order valence-corrected chi connectivity index (χ0v) is 14.8. The molecule has 25 heavy (non-hydrogen) atoms. The maximum Gasteiger partial charge on any atom is 0.225 e. The van der Waals surface area contributed by atoms with Gasteiger partial charge in [-0.2, -0.15) is 4.98 Å². The molecule has 6 heteroatoms. The Hall–Kier alpha value is -2.60. The van der Waals surface area contributed by atoms with Crippen LogP contribution in [0.2, 0.25) is 0 Å². The molecule has 0 saturated heterocycles. The molecule has 3 aromatic rings. The van der Waals surface area contributed by atoms with Crippen molar-refractivity contribution in [1.82, 2.24) is 15.0 Å². The first-order valence-electron chi connectivity index (χ1n) is 8.28. The SMILES string of the molecule is CSc1ccccc1Nc1cc(-c2cccnc2)nc(NC2CC2)n1. The van der Waals surface area contributed by atoms with Crippen LogP contribution in [-0.2, 0) is 0 Å². The third-order valence-electron chi connectivity index (χ3n) is 3.96. The standard InChI is InChI=1S/C19H19N5S/c1-25-17-7-3-2-6-15(17)22-18-11-16(13-5-4-10-20-12-13)23-19(24-18)21-14-8-9-14/h2-7,10-12,14H,8-9H2,1H3,(H2,21,22,23,24). The predicted octanol–water partition coefficient (Wildman–Crippen LogP) is 4.58. The second-order valence-corrected chi connectivity index (χ2v) is 6.80. The molecule has 0 unspecified atom stereocenters. The molecule has 1 aliphatic rings. The highest BCUT2D eigenvalue weighted by atomic mass is 32.2. The first-order valence-corrected chi connectivity index (χ1v) is 9.50. The smallest absolute Gasteiger partial charge is 0.225 e. The molecular formula is C19H19N5S. The molecule has 2 aromatic heterocycles. The summed E-state index contributed by atoms with van der Waals surface area (Å²) in [5.74, 6) is 1.44. The fourth-order valence-electron chi connectivity index (χ4n) is 2.53. The van der Waals surface area contributed by atoms with Gasteiger partial charge in [0.1, 0.15) is 5.82 Å². The first-order chi connectivity index (χ1) is 12.3. The summed E-state index contributed by atoms with van der Waals surface area (Å²) < 4.78 is 0. The van der Waals surface area contributed by atoms with E-state index in [2.05, 4.69) is 44.0 Å². The van der Waals surface area contributed by atoms with Gasteiger partial charge in [0.05, 0.1) is 11.4 Å². The molecule has 0 bridgehead atoms. The molecule has 0 radical (unpaired) electrons. The highest BCUT2D eigenvalue weighted by Gasteiger charge is 2.22. The van der Waals surface area contributed by atoms with Crippen LogP contribution < -0.4 is 10.6 Å². The molecule has 1 aromatic carbocycles. The van der Waals surface area contributed by atoms with E-state index in [-0.39, 0.29) is 0 Å². The summed E-state index contributed by atoms with van der Waals surface area (Å²) in [4.78, 5) is 14.7. The minimum atomic E-state index is 0.496. The topological polar surface area (TPSA) is 62.7 Å². The highest BCUT2D eigenvalue weighted by molar-refractivity contribution is 7.98. The number of para-hydroxylation sites is 1. The zero-order valence-electron chi connectivity index (χ0n) is 13.9. The second kappa shape index (κ2) is 7.11. The largest absolute Gasteiger partial charge is 0.351 e. The van der Waals surface area contributed by atoms with E-state index in [1.807, 2.05) is 36.5 Å². The van der Waals surface area contributed by atoms with Gasteiger partial charge in [-0.3, -0.25) is 4.98 Å². The molecule has 0 spiro atoms. The van der Waals surface area contributed by atoms with Crippen LogP contribution in [0.3, 0.4) is 0 Å². The summed E-state index contributed by atoms with van der Waals surface area (Å²) >= 11 is 1.71. The summed E-state index contributed by atoms with van der Waals surface area (Å²) in [6.07, 6.45) is 8.02. The molecule has 2 N–H and O–H groups in total. The minimum Gasteiger partial charge on any atom is -0.351 e. The number of hydrogen-bond donors (Lipinski definition) is 2. The Labute approximate surface area is 151 Å². The molecule has 0 amide bonds.